The molecule has 0 aliphatic heterocycles. The van der Waals surface area contributed by atoms with Crippen LogP contribution in [0.4, 0.5) is 15.8 Å². The zero-order valence-electron chi connectivity index (χ0n) is 17.2. The topological polar surface area (TPSA) is 52.7 Å². The molecule has 2 amide bonds. The Kier molecular flexibility index (Phi) is 6.52. The summed E-state index contributed by atoms with van der Waals surface area (Å²) in [5, 5.41) is 2.89. The summed E-state index contributed by atoms with van der Waals surface area (Å²) in [5.41, 5.74) is 3.56. The van der Waals surface area contributed by atoms with Crippen molar-refractivity contribution in [2.75, 3.05) is 24.3 Å². The lowest BCUT2D eigenvalue weighted by Crippen LogP contribution is -2.32. The first kappa shape index (κ1) is 20.8. The van der Waals surface area contributed by atoms with Crippen molar-refractivity contribution in [2.24, 2.45) is 5.92 Å². The van der Waals surface area contributed by atoms with Crippen LogP contribution in [0.1, 0.15) is 37.3 Å². The van der Waals surface area contributed by atoms with Gasteiger partial charge in [0.05, 0.1) is 0 Å². The zero-order valence-corrected chi connectivity index (χ0v) is 17.2. The van der Waals surface area contributed by atoms with Crippen molar-refractivity contribution in [3.05, 3.63) is 59.4 Å². The summed E-state index contributed by atoms with van der Waals surface area (Å²) in [5.74, 6) is -0.128. The second kappa shape index (κ2) is 9.07. The Bertz CT molecular complexity index is 876. The van der Waals surface area contributed by atoms with Gasteiger partial charge in [-0.3, -0.25) is 9.59 Å². The first-order chi connectivity index (χ1) is 13.9. The van der Waals surface area contributed by atoms with Crippen LogP contribution in [0, 0.1) is 11.7 Å². The van der Waals surface area contributed by atoms with E-state index in [2.05, 4.69) is 5.32 Å². The quantitative estimate of drug-likeness (QED) is 0.727. The fourth-order valence-corrected chi connectivity index (χ4v) is 3.29. The predicted molar refractivity (Wildman–Crippen MR) is 113 cm³/mol. The normalized spacial score (nSPS) is 13.1. The molecule has 0 radical (unpaired) electrons. The molecular weight excluding hydrogens is 369 g/mol. The Morgan fingerprint density at radius 2 is 1.76 bits per heavy atom. The van der Waals surface area contributed by atoms with Crippen LogP contribution in [0.25, 0.3) is 0 Å². The number of nitrogens with zero attached hydrogens (tertiary/aromatic N) is 2. The van der Waals surface area contributed by atoms with Crippen LogP contribution >= 0.6 is 0 Å². The van der Waals surface area contributed by atoms with Crippen LogP contribution in [0.3, 0.4) is 0 Å². The van der Waals surface area contributed by atoms with Gasteiger partial charge < -0.3 is 15.1 Å². The summed E-state index contributed by atoms with van der Waals surface area (Å²) in [6.45, 7) is 2.66. The molecule has 29 heavy (non-hydrogen) atoms. The van der Waals surface area contributed by atoms with E-state index in [9.17, 15) is 14.0 Å². The highest BCUT2D eigenvalue weighted by atomic mass is 19.1. The number of amides is 2. The van der Waals surface area contributed by atoms with Crippen molar-refractivity contribution in [1.29, 1.82) is 0 Å². The molecule has 2 aromatic rings. The molecule has 3 rings (SSSR count). The molecule has 1 saturated carbocycles. The Labute approximate surface area is 171 Å². The number of hydrogen-bond acceptors (Lipinski definition) is 3. The van der Waals surface area contributed by atoms with Gasteiger partial charge in [-0.15, -0.1) is 0 Å². The third-order valence-corrected chi connectivity index (χ3v) is 5.05. The van der Waals surface area contributed by atoms with Crippen molar-refractivity contribution in [3.8, 4) is 0 Å². The van der Waals surface area contributed by atoms with Crippen LogP contribution in [-0.4, -0.2) is 30.8 Å². The lowest BCUT2D eigenvalue weighted by Gasteiger charge is -2.26. The number of rotatable bonds is 8. The predicted octanol–water partition coefficient (Wildman–Crippen LogP) is 4.18. The summed E-state index contributed by atoms with van der Waals surface area (Å²) in [6, 6.07) is 12.0. The highest BCUT2D eigenvalue weighted by Crippen LogP contribution is 2.33. The molecule has 0 heterocycles. The lowest BCUT2D eigenvalue weighted by molar-refractivity contribution is -0.133. The van der Waals surface area contributed by atoms with Gasteiger partial charge in [0.15, 0.2) is 0 Å². The molecule has 2 aromatic carbocycles. The molecule has 0 aromatic heterocycles. The van der Waals surface area contributed by atoms with Crippen LogP contribution < -0.4 is 10.2 Å². The van der Waals surface area contributed by atoms with Crippen LogP contribution in [0.5, 0.6) is 0 Å². The van der Waals surface area contributed by atoms with E-state index in [1.54, 1.807) is 12.1 Å². The standard InChI is InChI=1S/C23H28FN3O2/c1-4-22(28)25-20-11-12-21(26(2)3)18(13-20)15-27(23(29)17-7-8-17)14-16-5-9-19(24)10-6-16/h5-6,9-13,17H,4,7-8,14-15H2,1-3H3,(H,25,28). The van der Waals surface area contributed by atoms with Gasteiger partial charge in [0.1, 0.15) is 5.82 Å². The van der Waals surface area contributed by atoms with Gasteiger partial charge in [0.25, 0.3) is 0 Å². The minimum Gasteiger partial charge on any atom is -0.377 e. The molecule has 1 aliphatic carbocycles. The third kappa shape index (κ3) is 5.56. The zero-order chi connectivity index (χ0) is 21.0. The van der Waals surface area contributed by atoms with Crippen molar-refractivity contribution in [1.82, 2.24) is 4.90 Å². The first-order valence-corrected chi connectivity index (χ1v) is 10.0. The third-order valence-electron chi connectivity index (χ3n) is 5.05. The minimum absolute atomic E-state index is 0.0502. The fourth-order valence-electron chi connectivity index (χ4n) is 3.29. The van der Waals surface area contributed by atoms with E-state index in [0.717, 1.165) is 35.3 Å². The van der Waals surface area contributed by atoms with E-state index in [-0.39, 0.29) is 23.5 Å². The summed E-state index contributed by atoms with van der Waals surface area (Å²) in [4.78, 5) is 28.6. The second-order valence-electron chi connectivity index (χ2n) is 7.73. The summed E-state index contributed by atoms with van der Waals surface area (Å²) >= 11 is 0. The largest absolute Gasteiger partial charge is 0.377 e. The van der Waals surface area contributed by atoms with E-state index < -0.39 is 0 Å². The van der Waals surface area contributed by atoms with E-state index in [1.165, 1.54) is 12.1 Å². The summed E-state index contributed by atoms with van der Waals surface area (Å²) in [6.07, 6.45) is 2.25. The smallest absolute Gasteiger partial charge is 0.226 e. The molecule has 154 valence electrons. The maximum Gasteiger partial charge on any atom is 0.226 e. The number of nitrogens with one attached hydrogen (secondary N) is 1. The summed E-state index contributed by atoms with van der Waals surface area (Å²) in [7, 11) is 3.91. The van der Waals surface area contributed by atoms with Gasteiger partial charge in [-0.25, -0.2) is 4.39 Å². The van der Waals surface area contributed by atoms with Gasteiger partial charge in [0, 0.05) is 50.9 Å². The van der Waals surface area contributed by atoms with Crippen molar-refractivity contribution in [3.63, 3.8) is 0 Å². The summed E-state index contributed by atoms with van der Waals surface area (Å²) < 4.78 is 13.3. The van der Waals surface area contributed by atoms with Gasteiger partial charge in [-0.2, -0.15) is 0 Å². The van der Waals surface area contributed by atoms with Crippen LogP contribution in [-0.2, 0) is 22.7 Å². The van der Waals surface area contributed by atoms with E-state index >= 15 is 0 Å². The van der Waals surface area contributed by atoms with Crippen molar-refractivity contribution < 1.29 is 14.0 Å². The first-order valence-electron chi connectivity index (χ1n) is 10.0. The van der Waals surface area contributed by atoms with Gasteiger partial charge in [-0.1, -0.05) is 19.1 Å². The Balaban J connectivity index is 1.88. The Morgan fingerprint density at radius 3 is 2.34 bits per heavy atom. The van der Waals surface area contributed by atoms with Crippen molar-refractivity contribution in [2.45, 2.75) is 39.3 Å². The average molecular weight is 397 g/mol. The number of carbonyl (C=O) groups is 2. The lowest BCUT2D eigenvalue weighted by atomic mass is 10.1. The molecule has 6 heteroatoms. The SMILES string of the molecule is CCC(=O)Nc1ccc(N(C)C)c(CN(Cc2ccc(F)cc2)C(=O)C2CC2)c1. The van der Waals surface area contributed by atoms with Gasteiger partial charge in [0.2, 0.25) is 11.8 Å². The van der Waals surface area contributed by atoms with Gasteiger partial charge >= 0.3 is 0 Å². The van der Waals surface area contributed by atoms with Crippen molar-refractivity contribution >= 4 is 23.2 Å². The van der Waals surface area contributed by atoms with E-state index in [0.29, 0.717) is 19.5 Å². The molecule has 1 fully saturated rings. The molecule has 0 spiro atoms. The van der Waals surface area contributed by atoms with E-state index in [1.807, 2.05) is 49.0 Å². The number of halogens is 1. The highest BCUT2D eigenvalue weighted by Gasteiger charge is 2.33. The average Bonchev–Trinajstić information content (AvgIpc) is 3.53. The molecule has 1 aliphatic rings. The van der Waals surface area contributed by atoms with E-state index in [4.69, 9.17) is 0 Å². The number of benzene rings is 2. The molecule has 1 N–H and O–H groups in total. The molecule has 0 unspecified atom stereocenters. The monoisotopic (exact) mass is 397 g/mol. The highest BCUT2D eigenvalue weighted by molar-refractivity contribution is 5.91. The second-order valence-corrected chi connectivity index (χ2v) is 7.73. The van der Waals surface area contributed by atoms with Gasteiger partial charge in [-0.05, 0) is 54.3 Å². The Hall–Kier alpha value is -2.89. The number of carbonyl (C=O) groups excluding carboxylic acids is 2. The van der Waals surface area contributed by atoms with Crippen LogP contribution in [0.15, 0.2) is 42.5 Å². The molecule has 0 atom stereocenters. The maximum atomic E-state index is 13.3. The Morgan fingerprint density at radius 1 is 1.07 bits per heavy atom. The maximum absolute atomic E-state index is 13.3. The molecular formula is C23H28FN3O2. The van der Waals surface area contributed by atoms with Crippen LogP contribution in [0.2, 0.25) is 0 Å². The molecule has 0 saturated heterocycles. The molecule has 0 bridgehead atoms. The fraction of sp³-hybridized carbons (Fsp3) is 0.391. The number of hydrogen-bond donors (Lipinski definition) is 1. The minimum atomic E-state index is -0.289. The number of anilines is 2. The molecule has 5 nitrogen and oxygen atoms in total.